The predicted octanol–water partition coefficient (Wildman–Crippen LogP) is 2.42. The Bertz CT molecular complexity index is 724. The molecule has 0 aliphatic carbocycles. The molecule has 0 aromatic heterocycles. The Hall–Kier alpha value is -2.18. The van der Waals surface area contributed by atoms with Crippen LogP contribution in [0.5, 0.6) is 0 Å². The number of aromatic carboxylic acids is 1. The van der Waals surface area contributed by atoms with Gasteiger partial charge in [0, 0.05) is 6.04 Å². The summed E-state index contributed by atoms with van der Waals surface area (Å²) in [6.07, 6.45) is 0. The van der Waals surface area contributed by atoms with Gasteiger partial charge in [-0.05, 0) is 36.8 Å². The lowest BCUT2D eigenvalue weighted by Gasteiger charge is -2.14. The fraction of sp³-hybridized carbons (Fsp3) is 0.133. The van der Waals surface area contributed by atoms with Crippen molar-refractivity contribution in [3.8, 4) is 0 Å². The van der Waals surface area contributed by atoms with Crippen LogP contribution < -0.4 is 4.72 Å². The number of hydrogen-bond donors (Lipinski definition) is 2. The molecule has 2 rings (SSSR count). The first-order valence-corrected chi connectivity index (χ1v) is 7.79. The number of sulfonamides is 1. The van der Waals surface area contributed by atoms with E-state index in [4.69, 9.17) is 5.11 Å². The first kappa shape index (κ1) is 15.2. The van der Waals surface area contributed by atoms with Gasteiger partial charge < -0.3 is 5.11 Å². The Labute approximate surface area is 123 Å². The second-order valence-corrected chi connectivity index (χ2v) is 6.30. The topological polar surface area (TPSA) is 83.5 Å². The van der Waals surface area contributed by atoms with E-state index in [-0.39, 0.29) is 16.5 Å². The number of carbonyl (C=O) groups is 1. The van der Waals surface area contributed by atoms with E-state index in [1.165, 1.54) is 24.3 Å². The van der Waals surface area contributed by atoms with E-state index >= 15 is 0 Å². The van der Waals surface area contributed by atoms with Crippen molar-refractivity contribution in [2.45, 2.75) is 17.9 Å². The average Bonchev–Trinajstić information content (AvgIpc) is 2.48. The highest BCUT2D eigenvalue weighted by Gasteiger charge is 2.18. The third-order valence-electron chi connectivity index (χ3n) is 3.04. The largest absolute Gasteiger partial charge is 0.478 e. The van der Waals surface area contributed by atoms with Crippen molar-refractivity contribution in [2.24, 2.45) is 0 Å². The highest BCUT2D eigenvalue weighted by Crippen LogP contribution is 2.17. The molecule has 0 aliphatic heterocycles. The molecule has 0 aliphatic rings. The minimum absolute atomic E-state index is 0.0373. The van der Waals surface area contributed by atoms with Gasteiger partial charge in [-0.25, -0.2) is 17.9 Å². The Morgan fingerprint density at radius 3 is 2.14 bits per heavy atom. The van der Waals surface area contributed by atoms with Crippen LogP contribution in [-0.4, -0.2) is 19.5 Å². The van der Waals surface area contributed by atoms with Gasteiger partial charge in [-0.2, -0.15) is 0 Å². The maximum atomic E-state index is 12.2. The zero-order valence-electron chi connectivity index (χ0n) is 11.4. The smallest absolute Gasteiger partial charge is 0.335 e. The molecule has 0 amide bonds. The molecular weight excluding hydrogens is 290 g/mol. The van der Waals surface area contributed by atoms with E-state index in [0.29, 0.717) is 0 Å². The van der Waals surface area contributed by atoms with Crippen molar-refractivity contribution in [1.29, 1.82) is 0 Å². The zero-order valence-corrected chi connectivity index (χ0v) is 12.2. The van der Waals surface area contributed by atoms with Crippen LogP contribution in [0.2, 0.25) is 0 Å². The van der Waals surface area contributed by atoms with Gasteiger partial charge >= 0.3 is 5.97 Å². The van der Waals surface area contributed by atoms with Gasteiger partial charge in [0.2, 0.25) is 10.0 Å². The van der Waals surface area contributed by atoms with Crippen LogP contribution >= 0.6 is 0 Å². The third kappa shape index (κ3) is 3.68. The average molecular weight is 305 g/mol. The van der Waals surface area contributed by atoms with Crippen molar-refractivity contribution in [3.05, 3.63) is 65.7 Å². The minimum atomic E-state index is -3.69. The standard InChI is InChI=1S/C15H15NO4S/c1-11(12-5-3-2-4-6-12)16-21(19,20)14-9-7-13(8-10-14)15(17)18/h2-11,16H,1H3,(H,17,18)/t11-/m1/s1. The monoisotopic (exact) mass is 305 g/mol. The molecule has 1 atom stereocenters. The Kier molecular flexibility index (Phi) is 4.40. The van der Waals surface area contributed by atoms with Crippen molar-refractivity contribution in [3.63, 3.8) is 0 Å². The molecule has 0 bridgehead atoms. The van der Waals surface area contributed by atoms with Gasteiger partial charge in [0.15, 0.2) is 0 Å². The van der Waals surface area contributed by atoms with Gasteiger partial charge in [-0.3, -0.25) is 0 Å². The second-order valence-electron chi connectivity index (χ2n) is 4.58. The highest BCUT2D eigenvalue weighted by atomic mass is 32.2. The molecule has 0 fully saturated rings. The van der Waals surface area contributed by atoms with Gasteiger partial charge in [-0.1, -0.05) is 30.3 Å². The van der Waals surface area contributed by atoms with Gasteiger partial charge in [-0.15, -0.1) is 0 Å². The van der Waals surface area contributed by atoms with Gasteiger partial charge in [0.25, 0.3) is 0 Å². The van der Waals surface area contributed by atoms with Gasteiger partial charge in [0.05, 0.1) is 10.5 Å². The van der Waals surface area contributed by atoms with Crippen molar-refractivity contribution in [1.82, 2.24) is 4.72 Å². The summed E-state index contributed by atoms with van der Waals surface area (Å²) in [6, 6.07) is 13.9. The van der Waals surface area contributed by atoms with E-state index in [0.717, 1.165) is 5.56 Å². The van der Waals surface area contributed by atoms with Crippen LogP contribution in [0.25, 0.3) is 0 Å². The maximum absolute atomic E-state index is 12.2. The lowest BCUT2D eigenvalue weighted by Crippen LogP contribution is -2.26. The molecule has 0 spiro atoms. The van der Waals surface area contributed by atoms with E-state index in [1.807, 2.05) is 30.3 Å². The molecule has 0 unspecified atom stereocenters. The second kappa shape index (κ2) is 6.07. The van der Waals surface area contributed by atoms with E-state index < -0.39 is 16.0 Å². The maximum Gasteiger partial charge on any atom is 0.335 e. The number of hydrogen-bond acceptors (Lipinski definition) is 3. The molecule has 2 aromatic rings. The molecule has 6 heteroatoms. The quantitative estimate of drug-likeness (QED) is 0.888. The predicted molar refractivity (Wildman–Crippen MR) is 78.6 cm³/mol. The van der Waals surface area contributed by atoms with E-state index in [9.17, 15) is 13.2 Å². The summed E-state index contributed by atoms with van der Waals surface area (Å²) in [6.45, 7) is 1.75. The number of nitrogens with one attached hydrogen (secondary N) is 1. The van der Waals surface area contributed by atoms with E-state index in [1.54, 1.807) is 6.92 Å². The third-order valence-corrected chi connectivity index (χ3v) is 4.60. The fourth-order valence-electron chi connectivity index (χ4n) is 1.89. The van der Waals surface area contributed by atoms with Crippen molar-refractivity contribution in [2.75, 3.05) is 0 Å². The van der Waals surface area contributed by atoms with Crippen LogP contribution in [0.4, 0.5) is 0 Å². The fourth-order valence-corrected chi connectivity index (χ4v) is 3.12. The Balaban J connectivity index is 2.20. The molecule has 5 nitrogen and oxygen atoms in total. The molecule has 0 heterocycles. The molecule has 110 valence electrons. The SMILES string of the molecule is C[C@@H](NS(=O)(=O)c1ccc(C(=O)O)cc1)c1ccccc1. The zero-order chi connectivity index (χ0) is 15.5. The van der Waals surface area contributed by atoms with Crippen LogP contribution in [-0.2, 0) is 10.0 Å². The summed E-state index contributed by atoms with van der Waals surface area (Å²) < 4.78 is 27.0. The number of benzene rings is 2. The first-order chi connectivity index (χ1) is 9.90. The number of carboxylic acid groups (broad SMARTS) is 1. The summed E-state index contributed by atoms with van der Waals surface area (Å²) in [4.78, 5) is 10.8. The van der Waals surface area contributed by atoms with E-state index in [2.05, 4.69) is 4.72 Å². The van der Waals surface area contributed by atoms with Crippen molar-refractivity contribution >= 4 is 16.0 Å². The molecule has 0 saturated heterocycles. The van der Waals surface area contributed by atoms with Crippen LogP contribution in [0.3, 0.4) is 0 Å². The lowest BCUT2D eigenvalue weighted by atomic mass is 10.1. The molecule has 2 N–H and O–H groups in total. The summed E-state index contributed by atoms with van der Waals surface area (Å²) in [5.74, 6) is -1.09. The Morgan fingerprint density at radius 2 is 1.62 bits per heavy atom. The summed E-state index contributed by atoms with van der Waals surface area (Å²) in [7, 11) is -3.69. The lowest BCUT2D eigenvalue weighted by molar-refractivity contribution is 0.0696. The summed E-state index contributed by atoms with van der Waals surface area (Å²) in [5.41, 5.74) is 0.897. The van der Waals surface area contributed by atoms with Crippen LogP contribution in [0.15, 0.2) is 59.5 Å². The summed E-state index contributed by atoms with van der Waals surface area (Å²) in [5, 5.41) is 8.81. The molecule has 0 saturated carbocycles. The molecule has 0 radical (unpaired) electrons. The highest BCUT2D eigenvalue weighted by molar-refractivity contribution is 7.89. The molecule has 21 heavy (non-hydrogen) atoms. The van der Waals surface area contributed by atoms with Gasteiger partial charge in [0.1, 0.15) is 0 Å². The van der Waals surface area contributed by atoms with Crippen molar-refractivity contribution < 1.29 is 18.3 Å². The molecular formula is C15H15NO4S. The minimum Gasteiger partial charge on any atom is -0.478 e. The first-order valence-electron chi connectivity index (χ1n) is 6.31. The summed E-state index contributed by atoms with van der Waals surface area (Å²) >= 11 is 0. The number of carboxylic acids is 1. The Morgan fingerprint density at radius 1 is 1.05 bits per heavy atom. The normalized spacial score (nSPS) is 12.8. The van der Waals surface area contributed by atoms with Crippen LogP contribution in [0, 0.1) is 0 Å². The number of rotatable bonds is 5. The molecule has 2 aromatic carbocycles. The van der Waals surface area contributed by atoms with Crippen LogP contribution in [0.1, 0.15) is 28.9 Å².